The monoisotopic (exact) mass is 345 g/mol. The highest BCUT2D eigenvalue weighted by atomic mass is 32.1. The maximum absolute atomic E-state index is 5.88. The third-order valence-corrected chi connectivity index (χ3v) is 5.13. The van der Waals surface area contributed by atoms with E-state index < -0.39 is 0 Å². The molecule has 3 aromatic rings. The van der Waals surface area contributed by atoms with Crippen molar-refractivity contribution in [2.24, 2.45) is 0 Å². The third-order valence-electron chi connectivity index (χ3n) is 3.27. The van der Waals surface area contributed by atoms with Gasteiger partial charge in [-0.25, -0.2) is 9.97 Å². The number of benzene rings is 1. The van der Waals surface area contributed by atoms with E-state index in [0.717, 1.165) is 39.0 Å². The standard InChI is InChI=1S/C17H19N3OS2/c1-10(2)21-14-7-5-4-6-12(14)8-15-20-13(9-22-15)16-11(3)19-17(18)23-16/h4-7,9-10H,8H2,1-3H3,(H2,18,19). The van der Waals surface area contributed by atoms with E-state index in [1.54, 1.807) is 11.3 Å². The molecule has 2 aromatic heterocycles. The molecule has 0 atom stereocenters. The van der Waals surface area contributed by atoms with Gasteiger partial charge in [0.15, 0.2) is 5.13 Å². The zero-order valence-electron chi connectivity index (χ0n) is 13.4. The summed E-state index contributed by atoms with van der Waals surface area (Å²) in [7, 11) is 0. The number of hydrogen-bond acceptors (Lipinski definition) is 6. The van der Waals surface area contributed by atoms with E-state index in [1.165, 1.54) is 11.3 Å². The Labute approximate surface area is 144 Å². The van der Waals surface area contributed by atoms with E-state index in [-0.39, 0.29) is 6.10 Å². The van der Waals surface area contributed by atoms with E-state index in [9.17, 15) is 0 Å². The Morgan fingerprint density at radius 2 is 2.00 bits per heavy atom. The molecule has 0 aliphatic carbocycles. The molecule has 4 nitrogen and oxygen atoms in total. The van der Waals surface area contributed by atoms with E-state index in [1.807, 2.05) is 39.0 Å². The van der Waals surface area contributed by atoms with Crippen molar-refractivity contribution < 1.29 is 4.74 Å². The van der Waals surface area contributed by atoms with Gasteiger partial charge < -0.3 is 10.5 Å². The normalized spacial score (nSPS) is 11.1. The molecule has 0 radical (unpaired) electrons. The van der Waals surface area contributed by atoms with E-state index >= 15 is 0 Å². The van der Waals surface area contributed by atoms with Gasteiger partial charge in [0, 0.05) is 17.4 Å². The topological polar surface area (TPSA) is 61.0 Å². The van der Waals surface area contributed by atoms with Crippen LogP contribution < -0.4 is 10.5 Å². The Balaban J connectivity index is 1.84. The molecule has 3 rings (SSSR count). The van der Waals surface area contributed by atoms with Crippen molar-refractivity contribution in [1.82, 2.24) is 9.97 Å². The van der Waals surface area contributed by atoms with Crippen molar-refractivity contribution in [3.8, 4) is 16.3 Å². The lowest BCUT2D eigenvalue weighted by molar-refractivity contribution is 0.240. The zero-order chi connectivity index (χ0) is 16.4. The number of rotatable bonds is 5. The Kier molecular flexibility index (Phi) is 4.63. The Bertz CT molecular complexity index is 808. The first-order valence-corrected chi connectivity index (χ1v) is 9.14. The third kappa shape index (κ3) is 3.71. The van der Waals surface area contributed by atoms with E-state index in [2.05, 4.69) is 16.4 Å². The lowest BCUT2D eigenvalue weighted by atomic mass is 10.1. The van der Waals surface area contributed by atoms with Crippen LogP contribution in [0.4, 0.5) is 5.13 Å². The fourth-order valence-corrected chi connectivity index (χ4v) is 4.01. The first kappa shape index (κ1) is 16.0. The van der Waals surface area contributed by atoms with Crippen LogP contribution in [0.5, 0.6) is 5.75 Å². The molecule has 0 bridgehead atoms. The molecule has 0 saturated carbocycles. The van der Waals surface area contributed by atoms with Crippen LogP contribution in [0.1, 0.15) is 30.1 Å². The predicted molar refractivity (Wildman–Crippen MR) is 97.4 cm³/mol. The molecular weight excluding hydrogens is 326 g/mol. The second-order valence-electron chi connectivity index (χ2n) is 5.54. The van der Waals surface area contributed by atoms with Crippen LogP contribution in [0.15, 0.2) is 29.6 Å². The van der Waals surface area contributed by atoms with Crippen LogP contribution >= 0.6 is 22.7 Å². The smallest absolute Gasteiger partial charge is 0.180 e. The maximum Gasteiger partial charge on any atom is 0.180 e. The fraction of sp³-hybridized carbons (Fsp3) is 0.294. The van der Waals surface area contributed by atoms with E-state index in [0.29, 0.717) is 5.13 Å². The van der Waals surface area contributed by atoms with Gasteiger partial charge >= 0.3 is 0 Å². The lowest BCUT2D eigenvalue weighted by Crippen LogP contribution is -2.07. The molecule has 2 heterocycles. The summed E-state index contributed by atoms with van der Waals surface area (Å²) >= 11 is 3.14. The van der Waals surface area contributed by atoms with Crippen LogP contribution in [-0.2, 0) is 6.42 Å². The van der Waals surface area contributed by atoms with Crippen LogP contribution in [-0.4, -0.2) is 16.1 Å². The average Bonchev–Trinajstić information content (AvgIpc) is 3.07. The van der Waals surface area contributed by atoms with Gasteiger partial charge in [0.2, 0.25) is 0 Å². The zero-order valence-corrected chi connectivity index (χ0v) is 15.0. The quantitative estimate of drug-likeness (QED) is 0.738. The van der Waals surface area contributed by atoms with Crippen LogP contribution in [0.2, 0.25) is 0 Å². The minimum atomic E-state index is 0.158. The van der Waals surface area contributed by atoms with Crippen molar-refractivity contribution >= 4 is 27.8 Å². The van der Waals surface area contributed by atoms with Crippen molar-refractivity contribution in [2.75, 3.05) is 5.73 Å². The number of aromatic nitrogens is 2. The number of aryl methyl sites for hydroxylation is 1. The highest BCUT2D eigenvalue weighted by Gasteiger charge is 2.13. The minimum absolute atomic E-state index is 0.158. The van der Waals surface area contributed by atoms with Gasteiger partial charge in [-0.3, -0.25) is 0 Å². The molecule has 23 heavy (non-hydrogen) atoms. The number of anilines is 1. The van der Waals surface area contributed by atoms with Crippen molar-refractivity contribution in [3.63, 3.8) is 0 Å². The second-order valence-corrected chi connectivity index (χ2v) is 7.52. The maximum atomic E-state index is 5.88. The molecule has 2 N–H and O–H groups in total. The molecule has 0 unspecified atom stereocenters. The van der Waals surface area contributed by atoms with Crippen molar-refractivity contribution in [1.29, 1.82) is 0 Å². The van der Waals surface area contributed by atoms with Crippen molar-refractivity contribution in [2.45, 2.75) is 33.3 Å². The first-order valence-electron chi connectivity index (χ1n) is 7.45. The number of para-hydroxylation sites is 1. The first-order chi connectivity index (χ1) is 11.0. The Morgan fingerprint density at radius 1 is 1.22 bits per heavy atom. The summed E-state index contributed by atoms with van der Waals surface area (Å²) in [4.78, 5) is 10.1. The van der Waals surface area contributed by atoms with Gasteiger partial charge in [0.25, 0.3) is 0 Å². The van der Waals surface area contributed by atoms with Gasteiger partial charge in [-0.1, -0.05) is 29.5 Å². The number of ether oxygens (including phenoxy) is 1. The van der Waals surface area contributed by atoms with Gasteiger partial charge in [-0.05, 0) is 26.8 Å². The SMILES string of the molecule is Cc1nc(N)sc1-c1csc(Cc2ccccc2OC(C)C)n1. The highest BCUT2D eigenvalue weighted by molar-refractivity contribution is 7.19. The number of nitrogen functional groups attached to an aromatic ring is 1. The van der Waals surface area contributed by atoms with Gasteiger partial charge in [0.05, 0.1) is 27.4 Å². The second kappa shape index (κ2) is 6.68. The molecule has 1 aromatic carbocycles. The lowest BCUT2D eigenvalue weighted by Gasteiger charge is -2.13. The minimum Gasteiger partial charge on any atom is -0.491 e. The number of hydrogen-bond donors (Lipinski definition) is 1. The summed E-state index contributed by atoms with van der Waals surface area (Å²) in [6, 6.07) is 8.13. The summed E-state index contributed by atoms with van der Waals surface area (Å²) in [5.41, 5.74) is 8.83. The molecule has 0 amide bonds. The summed E-state index contributed by atoms with van der Waals surface area (Å²) in [5.74, 6) is 0.928. The average molecular weight is 345 g/mol. The summed E-state index contributed by atoms with van der Waals surface area (Å²) in [6.45, 7) is 6.04. The summed E-state index contributed by atoms with van der Waals surface area (Å²) in [6.07, 6.45) is 0.923. The molecule has 6 heteroatoms. The fourth-order valence-electron chi connectivity index (χ4n) is 2.33. The van der Waals surface area contributed by atoms with Gasteiger partial charge in [-0.15, -0.1) is 11.3 Å². The Morgan fingerprint density at radius 3 is 2.70 bits per heavy atom. The van der Waals surface area contributed by atoms with E-state index in [4.69, 9.17) is 15.5 Å². The predicted octanol–water partition coefficient (Wildman–Crippen LogP) is 4.54. The molecule has 0 fully saturated rings. The largest absolute Gasteiger partial charge is 0.491 e. The molecule has 0 saturated heterocycles. The van der Waals surface area contributed by atoms with Crippen molar-refractivity contribution in [3.05, 3.63) is 45.9 Å². The van der Waals surface area contributed by atoms with Gasteiger partial charge in [0.1, 0.15) is 5.75 Å². The molecule has 0 spiro atoms. The molecule has 120 valence electrons. The summed E-state index contributed by atoms with van der Waals surface area (Å²) in [5, 5.41) is 3.72. The highest BCUT2D eigenvalue weighted by Crippen LogP contribution is 2.33. The Hall–Kier alpha value is -1.92. The molecular formula is C17H19N3OS2. The number of nitrogens with zero attached hydrogens (tertiary/aromatic N) is 2. The van der Waals surface area contributed by atoms with Crippen LogP contribution in [0, 0.1) is 6.92 Å². The summed E-state index contributed by atoms with van der Waals surface area (Å²) < 4.78 is 5.88. The van der Waals surface area contributed by atoms with Crippen LogP contribution in [0.3, 0.4) is 0 Å². The van der Waals surface area contributed by atoms with Gasteiger partial charge in [-0.2, -0.15) is 0 Å². The molecule has 0 aliphatic rings. The number of nitrogens with two attached hydrogens (primary N) is 1. The number of thiazole rings is 2. The van der Waals surface area contributed by atoms with Crippen LogP contribution in [0.25, 0.3) is 10.6 Å². The molecule has 0 aliphatic heterocycles.